The number of nitrogens with zero attached hydrogens (tertiary/aromatic N) is 1. The van der Waals surface area contributed by atoms with Crippen LogP contribution in [0.4, 0.5) is 0 Å². The molecule has 1 atom stereocenters. The van der Waals surface area contributed by atoms with Crippen LogP contribution in [0.3, 0.4) is 0 Å². The van der Waals surface area contributed by atoms with E-state index in [2.05, 4.69) is 28.7 Å². The van der Waals surface area contributed by atoms with Crippen molar-refractivity contribution in [3.05, 3.63) is 22.4 Å². The van der Waals surface area contributed by atoms with Gasteiger partial charge in [0.1, 0.15) is 0 Å². The summed E-state index contributed by atoms with van der Waals surface area (Å²) in [5.74, 6) is 0. The Hall–Kier alpha value is -0.340. The molecular formula is C10H15NS. The van der Waals surface area contributed by atoms with Crippen molar-refractivity contribution in [3.8, 4) is 0 Å². The standard InChI is InChI=1S/C10H15NS/c1-9-3-2-5-11(9)7-10-4-6-12-8-10/h4,6,8-9H,2-3,5,7H2,1H3. The van der Waals surface area contributed by atoms with Crippen molar-refractivity contribution in [2.75, 3.05) is 6.54 Å². The van der Waals surface area contributed by atoms with E-state index >= 15 is 0 Å². The van der Waals surface area contributed by atoms with Crippen LogP contribution in [0.1, 0.15) is 25.3 Å². The highest BCUT2D eigenvalue weighted by Crippen LogP contribution is 2.20. The van der Waals surface area contributed by atoms with Crippen LogP contribution < -0.4 is 0 Å². The van der Waals surface area contributed by atoms with Gasteiger partial charge in [-0.05, 0) is 48.7 Å². The van der Waals surface area contributed by atoms with E-state index < -0.39 is 0 Å². The second-order valence-electron chi connectivity index (χ2n) is 3.59. The first-order valence-electron chi connectivity index (χ1n) is 4.61. The average Bonchev–Trinajstić information content (AvgIpc) is 2.65. The van der Waals surface area contributed by atoms with Crippen molar-refractivity contribution in [2.24, 2.45) is 0 Å². The third kappa shape index (κ3) is 1.70. The summed E-state index contributed by atoms with van der Waals surface area (Å²) in [4.78, 5) is 2.57. The second-order valence-corrected chi connectivity index (χ2v) is 4.37. The van der Waals surface area contributed by atoms with Gasteiger partial charge in [-0.1, -0.05) is 0 Å². The molecule has 1 unspecified atom stereocenters. The smallest absolute Gasteiger partial charge is 0.0244 e. The highest BCUT2D eigenvalue weighted by Gasteiger charge is 2.19. The lowest BCUT2D eigenvalue weighted by molar-refractivity contribution is 0.261. The summed E-state index contributed by atoms with van der Waals surface area (Å²) < 4.78 is 0. The SMILES string of the molecule is CC1CCCN1Cc1ccsc1. The van der Waals surface area contributed by atoms with Crippen LogP contribution in [0.5, 0.6) is 0 Å². The molecule has 2 rings (SSSR count). The third-order valence-electron chi connectivity index (χ3n) is 2.66. The van der Waals surface area contributed by atoms with Gasteiger partial charge in [-0.25, -0.2) is 0 Å². The van der Waals surface area contributed by atoms with Gasteiger partial charge < -0.3 is 0 Å². The van der Waals surface area contributed by atoms with Crippen LogP contribution in [0.25, 0.3) is 0 Å². The van der Waals surface area contributed by atoms with E-state index in [4.69, 9.17) is 0 Å². The van der Waals surface area contributed by atoms with Crippen LogP contribution in [0.15, 0.2) is 16.8 Å². The quantitative estimate of drug-likeness (QED) is 0.678. The minimum atomic E-state index is 0.796. The Morgan fingerprint density at radius 1 is 1.67 bits per heavy atom. The molecule has 1 fully saturated rings. The van der Waals surface area contributed by atoms with Gasteiger partial charge in [0.2, 0.25) is 0 Å². The normalized spacial score (nSPS) is 24.9. The molecule has 0 spiro atoms. The van der Waals surface area contributed by atoms with Gasteiger partial charge >= 0.3 is 0 Å². The minimum absolute atomic E-state index is 0.796. The minimum Gasteiger partial charge on any atom is -0.296 e. The Bertz CT molecular complexity index is 230. The van der Waals surface area contributed by atoms with E-state index in [1.165, 1.54) is 24.9 Å². The van der Waals surface area contributed by atoms with E-state index in [9.17, 15) is 0 Å². The lowest BCUT2D eigenvalue weighted by atomic mass is 10.2. The maximum absolute atomic E-state index is 2.57. The van der Waals surface area contributed by atoms with Crippen molar-refractivity contribution >= 4 is 11.3 Å². The lowest BCUT2D eigenvalue weighted by Gasteiger charge is -2.19. The summed E-state index contributed by atoms with van der Waals surface area (Å²) in [6, 6.07) is 3.03. The molecule has 0 aromatic carbocycles. The molecule has 2 heteroatoms. The Labute approximate surface area is 78.0 Å². The van der Waals surface area contributed by atoms with Crippen LogP contribution in [0.2, 0.25) is 0 Å². The molecule has 1 nitrogen and oxygen atoms in total. The zero-order chi connectivity index (χ0) is 8.39. The summed E-state index contributed by atoms with van der Waals surface area (Å²) in [6.07, 6.45) is 2.76. The monoisotopic (exact) mass is 181 g/mol. The number of rotatable bonds is 2. The van der Waals surface area contributed by atoms with E-state index in [1.54, 1.807) is 11.3 Å². The topological polar surface area (TPSA) is 3.24 Å². The molecule has 1 saturated heterocycles. The second kappa shape index (κ2) is 3.58. The molecule has 1 aromatic rings. The largest absolute Gasteiger partial charge is 0.296 e. The Morgan fingerprint density at radius 2 is 2.58 bits per heavy atom. The van der Waals surface area contributed by atoms with Crippen molar-refractivity contribution in [1.29, 1.82) is 0 Å². The molecule has 1 aliphatic heterocycles. The predicted molar refractivity (Wildman–Crippen MR) is 53.4 cm³/mol. The van der Waals surface area contributed by atoms with Gasteiger partial charge in [-0.2, -0.15) is 11.3 Å². The van der Waals surface area contributed by atoms with E-state index in [-0.39, 0.29) is 0 Å². The highest BCUT2D eigenvalue weighted by molar-refractivity contribution is 7.07. The van der Waals surface area contributed by atoms with Gasteiger partial charge in [-0.15, -0.1) is 0 Å². The van der Waals surface area contributed by atoms with Crippen LogP contribution in [-0.2, 0) is 6.54 Å². The van der Waals surface area contributed by atoms with Crippen molar-refractivity contribution in [1.82, 2.24) is 4.90 Å². The summed E-state index contributed by atoms with van der Waals surface area (Å²) in [5.41, 5.74) is 1.48. The van der Waals surface area contributed by atoms with Crippen LogP contribution >= 0.6 is 11.3 Å². The fraction of sp³-hybridized carbons (Fsp3) is 0.600. The molecule has 66 valence electrons. The maximum Gasteiger partial charge on any atom is 0.0244 e. The van der Waals surface area contributed by atoms with Crippen LogP contribution in [0, 0.1) is 0 Å². The summed E-state index contributed by atoms with van der Waals surface area (Å²) >= 11 is 1.80. The average molecular weight is 181 g/mol. The van der Waals surface area contributed by atoms with Gasteiger partial charge in [0.15, 0.2) is 0 Å². The van der Waals surface area contributed by atoms with Gasteiger partial charge in [0, 0.05) is 12.6 Å². The number of thiophene rings is 1. The molecule has 0 aliphatic carbocycles. The summed E-state index contributed by atoms with van der Waals surface area (Å²) in [6.45, 7) is 4.78. The molecular weight excluding hydrogens is 166 g/mol. The van der Waals surface area contributed by atoms with Crippen molar-refractivity contribution < 1.29 is 0 Å². The van der Waals surface area contributed by atoms with Crippen molar-refractivity contribution in [2.45, 2.75) is 32.4 Å². The van der Waals surface area contributed by atoms with Gasteiger partial charge in [0.05, 0.1) is 0 Å². The van der Waals surface area contributed by atoms with Crippen molar-refractivity contribution in [3.63, 3.8) is 0 Å². The Balaban J connectivity index is 1.95. The van der Waals surface area contributed by atoms with Gasteiger partial charge in [-0.3, -0.25) is 4.90 Å². The fourth-order valence-corrected chi connectivity index (χ4v) is 2.50. The number of hydrogen-bond donors (Lipinski definition) is 0. The van der Waals surface area contributed by atoms with Crippen LogP contribution in [-0.4, -0.2) is 17.5 Å². The fourth-order valence-electron chi connectivity index (χ4n) is 1.84. The molecule has 0 saturated carbocycles. The molecule has 1 aromatic heterocycles. The molecule has 0 radical (unpaired) electrons. The zero-order valence-corrected chi connectivity index (χ0v) is 8.31. The molecule has 12 heavy (non-hydrogen) atoms. The zero-order valence-electron chi connectivity index (χ0n) is 7.49. The first-order valence-corrected chi connectivity index (χ1v) is 5.55. The summed E-state index contributed by atoms with van der Waals surface area (Å²) in [7, 11) is 0. The molecule has 1 aliphatic rings. The Kier molecular flexibility index (Phi) is 2.47. The molecule has 0 amide bonds. The van der Waals surface area contributed by atoms with E-state index in [0.29, 0.717) is 0 Å². The molecule has 0 bridgehead atoms. The highest BCUT2D eigenvalue weighted by atomic mass is 32.1. The van der Waals surface area contributed by atoms with E-state index in [0.717, 1.165) is 12.6 Å². The van der Waals surface area contributed by atoms with E-state index in [1.807, 2.05) is 0 Å². The number of likely N-dealkylation sites (tertiary alicyclic amines) is 1. The van der Waals surface area contributed by atoms with Gasteiger partial charge in [0.25, 0.3) is 0 Å². The number of hydrogen-bond acceptors (Lipinski definition) is 2. The lowest BCUT2D eigenvalue weighted by Crippen LogP contribution is -2.25. The predicted octanol–water partition coefficient (Wildman–Crippen LogP) is 2.73. The molecule has 0 N–H and O–H groups in total. The first kappa shape index (κ1) is 8.27. The molecule has 2 heterocycles. The maximum atomic E-state index is 2.57. The first-order chi connectivity index (χ1) is 5.86. The summed E-state index contributed by atoms with van der Waals surface area (Å²) in [5, 5.41) is 4.42. The third-order valence-corrected chi connectivity index (χ3v) is 3.39. The Morgan fingerprint density at radius 3 is 3.17 bits per heavy atom.